The van der Waals surface area contributed by atoms with Crippen molar-refractivity contribution < 1.29 is 13.2 Å². The van der Waals surface area contributed by atoms with Gasteiger partial charge in [0.2, 0.25) is 0 Å². The molecule has 0 bridgehead atoms. The minimum atomic E-state index is -3.55. The molecule has 7 nitrogen and oxygen atoms in total. The smallest absolute Gasteiger partial charge is 0.257 e. The predicted octanol–water partition coefficient (Wildman–Crippen LogP) is -0.0501. The predicted molar refractivity (Wildman–Crippen MR) is 74.9 cm³/mol. The van der Waals surface area contributed by atoms with Crippen molar-refractivity contribution in [1.29, 1.82) is 0 Å². The lowest BCUT2D eigenvalue weighted by Gasteiger charge is -2.28. The number of methoxy groups -OCH3 is 1. The molecule has 114 valence electrons. The number of nitrogens with zero attached hydrogens (tertiary/aromatic N) is 2. The summed E-state index contributed by atoms with van der Waals surface area (Å²) in [5.74, 6) is 0. The quantitative estimate of drug-likeness (QED) is 0.737. The Balaban J connectivity index is 2.09. The van der Waals surface area contributed by atoms with Crippen LogP contribution in [0.3, 0.4) is 0 Å². The molecule has 0 radical (unpaired) electrons. The molecule has 8 heteroatoms. The maximum atomic E-state index is 12.3. The summed E-state index contributed by atoms with van der Waals surface area (Å²) in [6.45, 7) is 4.14. The van der Waals surface area contributed by atoms with Gasteiger partial charge in [0.15, 0.2) is 5.03 Å². The van der Waals surface area contributed by atoms with Gasteiger partial charge in [-0.2, -0.15) is 0 Å². The average molecular weight is 302 g/mol. The summed E-state index contributed by atoms with van der Waals surface area (Å²) < 4.78 is 34.2. The number of sulfonamides is 1. The summed E-state index contributed by atoms with van der Waals surface area (Å²) in [5.41, 5.74) is -0.307. The summed E-state index contributed by atoms with van der Waals surface area (Å²) in [6, 6.07) is 0. The largest absolute Gasteiger partial charge is 0.383 e. The van der Waals surface area contributed by atoms with E-state index < -0.39 is 10.0 Å². The second kappa shape index (κ2) is 6.21. The van der Waals surface area contributed by atoms with Gasteiger partial charge in [0.25, 0.3) is 10.0 Å². The first kappa shape index (κ1) is 15.4. The van der Waals surface area contributed by atoms with Crippen LogP contribution in [0.25, 0.3) is 0 Å². The Morgan fingerprint density at radius 1 is 1.60 bits per heavy atom. The Bertz CT molecular complexity index is 535. The van der Waals surface area contributed by atoms with Gasteiger partial charge in [-0.15, -0.1) is 0 Å². The maximum Gasteiger partial charge on any atom is 0.257 e. The van der Waals surface area contributed by atoms with Crippen molar-refractivity contribution in [3.63, 3.8) is 0 Å². The topological polar surface area (TPSA) is 85.2 Å². The molecule has 1 aromatic rings. The zero-order chi connectivity index (χ0) is 14.6. The van der Waals surface area contributed by atoms with Crippen LogP contribution in [0.5, 0.6) is 0 Å². The minimum absolute atomic E-state index is 0.200. The number of aryl methyl sites for hydroxylation is 1. The van der Waals surface area contributed by atoms with Crippen molar-refractivity contribution in [3.8, 4) is 0 Å². The first-order valence-electron chi connectivity index (χ1n) is 6.77. The summed E-state index contributed by atoms with van der Waals surface area (Å²) in [4.78, 5) is 3.90. The van der Waals surface area contributed by atoms with Gasteiger partial charge in [0.1, 0.15) is 0 Å². The number of rotatable bonds is 7. The zero-order valence-corrected chi connectivity index (χ0v) is 12.7. The third-order valence-corrected chi connectivity index (χ3v) is 5.06. The number of hydrogen-bond donors (Lipinski definition) is 2. The molecule has 0 aliphatic carbocycles. The van der Waals surface area contributed by atoms with Crippen LogP contribution in [-0.4, -0.2) is 50.3 Å². The number of ether oxygens (including phenoxy) is 1. The van der Waals surface area contributed by atoms with E-state index in [0.717, 1.165) is 19.4 Å². The maximum absolute atomic E-state index is 12.3. The number of aromatic nitrogens is 2. The van der Waals surface area contributed by atoms with Crippen LogP contribution < -0.4 is 10.0 Å². The molecule has 1 unspecified atom stereocenters. The van der Waals surface area contributed by atoms with Gasteiger partial charge in [0.05, 0.1) is 24.7 Å². The molecule has 1 aliphatic heterocycles. The summed E-state index contributed by atoms with van der Waals surface area (Å²) >= 11 is 0. The van der Waals surface area contributed by atoms with E-state index in [2.05, 4.69) is 15.0 Å². The summed E-state index contributed by atoms with van der Waals surface area (Å²) in [6.07, 6.45) is 4.82. The van der Waals surface area contributed by atoms with Gasteiger partial charge in [0, 0.05) is 20.2 Å². The minimum Gasteiger partial charge on any atom is -0.383 e. The third-order valence-electron chi connectivity index (χ3n) is 3.64. The van der Waals surface area contributed by atoms with E-state index in [1.165, 1.54) is 12.5 Å². The highest BCUT2D eigenvalue weighted by Crippen LogP contribution is 2.20. The lowest BCUT2D eigenvalue weighted by Crippen LogP contribution is -2.53. The Morgan fingerprint density at radius 3 is 3.00 bits per heavy atom. The first-order chi connectivity index (χ1) is 9.53. The van der Waals surface area contributed by atoms with E-state index in [1.807, 2.05) is 6.92 Å². The Morgan fingerprint density at radius 2 is 2.40 bits per heavy atom. The third kappa shape index (κ3) is 3.20. The monoisotopic (exact) mass is 302 g/mol. The normalized spacial score (nSPS) is 23.3. The van der Waals surface area contributed by atoms with Crippen molar-refractivity contribution in [2.75, 3.05) is 26.8 Å². The van der Waals surface area contributed by atoms with Crippen LogP contribution in [-0.2, 0) is 21.3 Å². The standard InChI is InChI=1S/C12H22N4O3S/c1-3-16-10-13-7-11(16)20(17,18)15-8-12(9-19-2)5-4-6-14-12/h7,10,14-15H,3-6,8-9H2,1-2H3. The molecule has 2 N–H and O–H groups in total. The molecule has 1 saturated heterocycles. The van der Waals surface area contributed by atoms with Gasteiger partial charge in [-0.05, 0) is 26.3 Å². The SMILES string of the molecule is CCn1cncc1S(=O)(=O)NCC1(COC)CCCN1. The highest BCUT2D eigenvalue weighted by atomic mass is 32.2. The Hall–Kier alpha value is -0.960. The molecular weight excluding hydrogens is 280 g/mol. The Kier molecular flexibility index (Phi) is 4.79. The first-order valence-corrected chi connectivity index (χ1v) is 8.25. The van der Waals surface area contributed by atoms with Gasteiger partial charge in [-0.25, -0.2) is 18.1 Å². The van der Waals surface area contributed by atoms with E-state index in [9.17, 15) is 8.42 Å². The second-order valence-electron chi connectivity index (χ2n) is 5.09. The van der Waals surface area contributed by atoms with Crippen molar-refractivity contribution in [2.24, 2.45) is 0 Å². The fourth-order valence-corrected chi connectivity index (χ4v) is 3.85. The van der Waals surface area contributed by atoms with Crippen LogP contribution in [0.4, 0.5) is 0 Å². The lowest BCUT2D eigenvalue weighted by atomic mass is 9.99. The molecule has 20 heavy (non-hydrogen) atoms. The van der Waals surface area contributed by atoms with Gasteiger partial charge < -0.3 is 14.6 Å². The number of hydrogen-bond acceptors (Lipinski definition) is 5. The summed E-state index contributed by atoms with van der Waals surface area (Å²) in [7, 11) is -1.92. The number of nitrogens with one attached hydrogen (secondary N) is 2. The fourth-order valence-electron chi connectivity index (χ4n) is 2.55. The Labute approximate surface area is 119 Å². The molecule has 0 spiro atoms. The van der Waals surface area contributed by atoms with E-state index in [0.29, 0.717) is 19.7 Å². The van der Waals surface area contributed by atoms with Gasteiger partial charge in [-0.1, -0.05) is 0 Å². The van der Waals surface area contributed by atoms with Crippen molar-refractivity contribution >= 4 is 10.0 Å². The second-order valence-corrected chi connectivity index (χ2v) is 6.80. The molecule has 0 saturated carbocycles. The molecule has 0 amide bonds. The fraction of sp³-hybridized carbons (Fsp3) is 0.750. The van der Waals surface area contributed by atoms with Crippen LogP contribution >= 0.6 is 0 Å². The van der Waals surface area contributed by atoms with Crippen LogP contribution in [0.15, 0.2) is 17.6 Å². The molecule has 1 fully saturated rings. The van der Waals surface area contributed by atoms with Gasteiger partial charge in [-0.3, -0.25) is 0 Å². The zero-order valence-electron chi connectivity index (χ0n) is 11.9. The molecule has 0 aromatic carbocycles. The van der Waals surface area contributed by atoms with Crippen LogP contribution in [0.1, 0.15) is 19.8 Å². The molecule has 2 heterocycles. The van der Waals surface area contributed by atoms with Crippen LogP contribution in [0, 0.1) is 0 Å². The van der Waals surface area contributed by atoms with E-state index >= 15 is 0 Å². The highest BCUT2D eigenvalue weighted by molar-refractivity contribution is 7.89. The average Bonchev–Trinajstić information content (AvgIpc) is 3.06. The molecule has 1 aliphatic rings. The highest BCUT2D eigenvalue weighted by Gasteiger charge is 2.35. The van der Waals surface area contributed by atoms with E-state index in [1.54, 1.807) is 11.7 Å². The molecule has 1 atom stereocenters. The van der Waals surface area contributed by atoms with Crippen molar-refractivity contribution in [3.05, 3.63) is 12.5 Å². The van der Waals surface area contributed by atoms with Crippen molar-refractivity contribution in [2.45, 2.75) is 36.9 Å². The van der Waals surface area contributed by atoms with Gasteiger partial charge >= 0.3 is 0 Å². The summed E-state index contributed by atoms with van der Waals surface area (Å²) in [5, 5.41) is 3.54. The van der Waals surface area contributed by atoms with Crippen LogP contribution in [0.2, 0.25) is 0 Å². The molecule has 1 aromatic heterocycles. The lowest BCUT2D eigenvalue weighted by molar-refractivity contribution is 0.122. The van der Waals surface area contributed by atoms with E-state index in [-0.39, 0.29) is 10.6 Å². The number of imidazole rings is 1. The molecule has 2 rings (SSSR count). The van der Waals surface area contributed by atoms with E-state index in [4.69, 9.17) is 4.74 Å². The molecular formula is C12H22N4O3S. The van der Waals surface area contributed by atoms with Crippen molar-refractivity contribution in [1.82, 2.24) is 19.6 Å².